The summed E-state index contributed by atoms with van der Waals surface area (Å²) in [5, 5.41) is 0. The number of amides is 2. The topological polar surface area (TPSA) is 89.8 Å². The zero-order valence-electron chi connectivity index (χ0n) is 27.0. The van der Waals surface area contributed by atoms with Gasteiger partial charge in [-0.25, -0.2) is 19.6 Å². The molecule has 1 saturated heterocycles. The van der Waals surface area contributed by atoms with Crippen LogP contribution in [0.1, 0.15) is 49.8 Å². The molecule has 1 aliphatic rings. The lowest BCUT2D eigenvalue weighted by Crippen LogP contribution is -2.49. The van der Waals surface area contributed by atoms with Crippen LogP contribution < -0.4 is 9.64 Å². The number of carbonyl (C=O) groups is 2. The molecule has 0 N–H and O–H groups in total. The van der Waals surface area contributed by atoms with Crippen molar-refractivity contribution in [1.29, 1.82) is 0 Å². The van der Waals surface area contributed by atoms with Gasteiger partial charge in [0.25, 0.3) is 0 Å². The molecule has 0 aliphatic carbocycles. The molecule has 3 heterocycles. The number of aromatic nitrogens is 3. The second kappa shape index (κ2) is 12.7. The van der Waals surface area contributed by atoms with Gasteiger partial charge in [0.1, 0.15) is 22.7 Å². The van der Waals surface area contributed by atoms with Crippen molar-refractivity contribution in [2.75, 3.05) is 18.0 Å². The number of benzene rings is 3. The van der Waals surface area contributed by atoms with Crippen molar-refractivity contribution < 1.29 is 19.1 Å². The Morgan fingerprint density at radius 2 is 1.54 bits per heavy atom. The van der Waals surface area contributed by atoms with Crippen molar-refractivity contribution in [2.45, 2.75) is 59.7 Å². The minimum atomic E-state index is -0.737. The summed E-state index contributed by atoms with van der Waals surface area (Å²) in [7, 11) is 0. The molecule has 5 aromatic rings. The Bertz CT molecular complexity index is 1880. The molecule has 236 valence electrons. The highest BCUT2D eigenvalue weighted by atomic mass is 16.7. The molecule has 3 aromatic carbocycles. The SMILES string of the molecule is Cc1nc2c(cc1N1CCCN(Cc3ccccc3)C1=O)nc(C)n2Cc1ccc(-c2ccccc2OC(=O)OC(C)(C)C)cc1. The van der Waals surface area contributed by atoms with Crippen LogP contribution in [0.25, 0.3) is 22.3 Å². The second-order valence-electron chi connectivity index (χ2n) is 12.6. The van der Waals surface area contributed by atoms with Gasteiger partial charge in [0.2, 0.25) is 0 Å². The highest BCUT2D eigenvalue weighted by Crippen LogP contribution is 2.32. The Morgan fingerprint density at radius 3 is 2.28 bits per heavy atom. The fourth-order valence-corrected chi connectivity index (χ4v) is 5.79. The molecule has 2 amide bonds. The number of hydrogen-bond acceptors (Lipinski definition) is 6. The van der Waals surface area contributed by atoms with E-state index in [9.17, 15) is 9.59 Å². The summed E-state index contributed by atoms with van der Waals surface area (Å²) in [4.78, 5) is 39.4. The van der Waals surface area contributed by atoms with E-state index in [0.717, 1.165) is 63.6 Å². The lowest BCUT2D eigenvalue weighted by Gasteiger charge is -2.36. The summed E-state index contributed by atoms with van der Waals surface area (Å²) >= 11 is 0. The number of fused-ring (bicyclic) bond motifs is 1. The van der Waals surface area contributed by atoms with Gasteiger partial charge >= 0.3 is 12.2 Å². The minimum Gasteiger partial charge on any atom is -0.428 e. The fraction of sp³-hybridized carbons (Fsp3) is 0.297. The summed E-state index contributed by atoms with van der Waals surface area (Å²) in [6, 6.07) is 27.6. The quantitative estimate of drug-likeness (QED) is 0.136. The largest absolute Gasteiger partial charge is 0.514 e. The number of imidazole rings is 1. The highest BCUT2D eigenvalue weighted by molar-refractivity contribution is 5.95. The van der Waals surface area contributed by atoms with E-state index in [2.05, 4.69) is 16.7 Å². The Kier molecular flexibility index (Phi) is 8.49. The summed E-state index contributed by atoms with van der Waals surface area (Å²) in [5.74, 6) is 1.28. The first kappa shape index (κ1) is 30.8. The smallest absolute Gasteiger partial charge is 0.428 e. The molecule has 0 atom stereocenters. The number of para-hydroxylation sites is 1. The van der Waals surface area contributed by atoms with Gasteiger partial charge in [0, 0.05) is 25.2 Å². The summed E-state index contributed by atoms with van der Waals surface area (Å²) in [6.07, 6.45) is 0.149. The van der Waals surface area contributed by atoms with E-state index in [4.69, 9.17) is 19.4 Å². The number of hydrogen-bond donors (Lipinski definition) is 0. The van der Waals surface area contributed by atoms with Crippen LogP contribution in [0.5, 0.6) is 5.75 Å². The molecule has 0 bridgehead atoms. The number of nitrogens with zero attached hydrogens (tertiary/aromatic N) is 5. The van der Waals surface area contributed by atoms with Gasteiger partial charge in [-0.1, -0.05) is 72.8 Å². The third-order valence-corrected chi connectivity index (χ3v) is 7.97. The standard InChI is InChI=1S/C37H39N5O4/c1-25-32(41-21-11-20-40(35(41)43)23-27-12-7-6-8-13-27)22-31-34(38-25)42(26(2)39-31)24-28-16-18-29(19-17-28)30-14-9-10-15-33(30)45-36(44)46-37(3,4)5/h6-10,12-19,22H,11,20-21,23-24H2,1-5H3. The van der Waals surface area contributed by atoms with E-state index in [1.807, 2.05) is 90.4 Å². The van der Waals surface area contributed by atoms with Crippen LogP contribution in [0.2, 0.25) is 0 Å². The van der Waals surface area contributed by atoms with E-state index in [1.165, 1.54) is 0 Å². The predicted octanol–water partition coefficient (Wildman–Crippen LogP) is 7.91. The van der Waals surface area contributed by atoms with E-state index < -0.39 is 11.8 Å². The lowest BCUT2D eigenvalue weighted by atomic mass is 10.0. The van der Waals surface area contributed by atoms with E-state index in [0.29, 0.717) is 25.4 Å². The number of rotatable bonds is 7. The predicted molar refractivity (Wildman–Crippen MR) is 179 cm³/mol. The van der Waals surface area contributed by atoms with Gasteiger partial charge in [-0.05, 0) is 69.9 Å². The van der Waals surface area contributed by atoms with Crippen molar-refractivity contribution in [3.8, 4) is 16.9 Å². The highest BCUT2D eigenvalue weighted by Gasteiger charge is 2.29. The molecule has 1 fully saturated rings. The van der Waals surface area contributed by atoms with Crippen molar-refractivity contribution in [1.82, 2.24) is 19.4 Å². The van der Waals surface area contributed by atoms with Crippen molar-refractivity contribution in [3.63, 3.8) is 0 Å². The maximum absolute atomic E-state index is 13.6. The van der Waals surface area contributed by atoms with Gasteiger partial charge in [-0.3, -0.25) is 4.90 Å². The Labute approximate surface area is 269 Å². The maximum Gasteiger partial charge on any atom is 0.514 e. The molecule has 0 saturated carbocycles. The molecule has 46 heavy (non-hydrogen) atoms. The molecular formula is C37H39N5O4. The summed E-state index contributed by atoms with van der Waals surface area (Å²) in [5.41, 5.74) is 6.39. The third kappa shape index (κ3) is 6.73. The van der Waals surface area contributed by atoms with Crippen molar-refractivity contribution in [3.05, 3.63) is 108 Å². The summed E-state index contributed by atoms with van der Waals surface area (Å²) in [6.45, 7) is 11.9. The summed E-state index contributed by atoms with van der Waals surface area (Å²) < 4.78 is 13.0. The van der Waals surface area contributed by atoms with E-state index in [-0.39, 0.29) is 6.03 Å². The molecule has 1 aliphatic heterocycles. The van der Waals surface area contributed by atoms with Crippen molar-refractivity contribution in [2.24, 2.45) is 0 Å². The normalized spacial score (nSPS) is 13.7. The minimum absolute atomic E-state index is 0.00587. The molecular weight excluding hydrogens is 578 g/mol. The Balaban J connectivity index is 1.21. The van der Waals surface area contributed by atoms with Crippen LogP contribution in [-0.2, 0) is 17.8 Å². The second-order valence-corrected chi connectivity index (χ2v) is 12.6. The van der Waals surface area contributed by atoms with Crippen LogP contribution in [0.3, 0.4) is 0 Å². The zero-order valence-corrected chi connectivity index (χ0v) is 27.0. The Hall–Kier alpha value is -5.18. The number of carbonyl (C=O) groups excluding carboxylic acids is 2. The molecule has 2 aromatic heterocycles. The average Bonchev–Trinajstić information content (AvgIpc) is 3.31. The van der Waals surface area contributed by atoms with Crippen LogP contribution in [0, 0.1) is 13.8 Å². The fourth-order valence-electron chi connectivity index (χ4n) is 5.79. The van der Waals surface area contributed by atoms with Crippen LogP contribution in [0.15, 0.2) is 84.9 Å². The van der Waals surface area contributed by atoms with Crippen molar-refractivity contribution >= 4 is 29.0 Å². The number of pyridine rings is 1. The van der Waals surface area contributed by atoms with Gasteiger partial charge in [-0.2, -0.15) is 0 Å². The maximum atomic E-state index is 13.6. The number of urea groups is 1. The zero-order chi connectivity index (χ0) is 32.4. The third-order valence-electron chi connectivity index (χ3n) is 7.97. The number of ether oxygens (including phenoxy) is 2. The van der Waals surface area contributed by atoms with Gasteiger partial charge in [-0.15, -0.1) is 0 Å². The number of aryl methyl sites for hydroxylation is 2. The van der Waals surface area contributed by atoms with Gasteiger partial charge in [0.05, 0.1) is 17.9 Å². The molecule has 0 unspecified atom stereocenters. The van der Waals surface area contributed by atoms with Crippen LogP contribution in [-0.4, -0.2) is 50.3 Å². The first-order valence-corrected chi connectivity index (χ1v) is 15.6. The lowest BCUT2D eigenvalue weighted by molar-refractivity contribution is 0.0207. The molecule has 6 rings (SSSR count). The molecule has 0 radical (unpaired) electrons. The van der Waals surface area contributed by atoms with Crippen LogP contribution in [0.4, 0.5) is 15.3 Å². The Morgan fingerprint density at radius 1 is 0.848 bits per heavy atom. The average molecular weight is 618 g/mol. The molecule has 9 heteroatoms. The first-order valence-electron chi connectivity index (χ1n) is 15.6. The monoisotopic (exact) mass is 617 g/mol. The van der Waals surface area contributed by atoms with Gasteiger partial charge < -0.3 is 18.9 Å². The van der Waals surface area contributed by atoms with E-state index in [1.54, 1.807) is 26.8 Å². The molecule has 9 nitrogen and oxygen atoms in total. The van der Waals surface area contributed by atoms with Gasteiger partial charge in [0.15, 0.2) is 5.65 Å². The van der Waals surface area contributed by atoms with Crippen LogP contribution >= 0.6 is 0 Å². The van der Waals surface area contributed by atoms with E-state index >= 15 is 0 Å². The molecule has 0 spiro atoms. The first-order chi connectivity index (χ1) is 22.1. The number of anilines is 1.